The molecule has 154 valence electrons. The molecule has 0 saturated heterocycles. The van der Waals surface area contributed by atoms with Gasteiger partial charge in [-0.1, -0.05) is 60.7 Å². The first-order valence-electron chi connectivity index (χ1n) is 9.94. The summed E-state index contributed by atoms with van der Waals surface area (Å²) in [7, 11) is 1.59. The van der Waals surface area contributed by atoms with E-state index in [2.05, 4.69) is 24.3 Å². The van der Waals surface area contributed by atoms with Crippen molar-refractivity contribution in [3.05, 3.63) is 100.0 Å². The van der Waals surface area contributed by atoms with Gasteiger partial charge >= 0.3 is 0 Å². The number of hydrogen-bond acceptors (Lipinski definition) is 4. The Labute approximate surface area is 175 Å². The highest BCUT2D eigenvalue weighted by Crippen LogP contribution is 2.35. The van der Waals surface area contributed by atoms with Crippen LogP contribution in [0.2, 0.25) is 0 Å². The van der Waals surface area contributed by atoms with Crippen molar-refractivity contribution < 1.29 is 14.6 Å². The normalized spacial score (nSPS) is 16.0. The Morgan fingerprint density at radius 1 is 1.00 bits per heavy atom. The molecule has 0 saturated carbocycles. The first-order valence-corrected chi connectivity index (χ1v) is 9.94. The molecular weight excluding hydrogens is 380 g/mol. The molecule has 1 atom stereocenters. The van der Waals surface area contributed by atoms with Gasteiger partial charge in [0.25, 0.3) is 5.91 Å². The van der Waals surface area contributed by atoms with Crippen LogP contribution in [0.5, 0.6) is 5.75 Å². The van der Waals surface area contributed by atoms with Crippen LogP contribution in [0.25, 0.3) is 0 Å². The lowest BCUT2D eigenvalue weighted by Crippen LogP contribution is -2.52. The summed E-state index contributed by atoms with van der Waals surface area (Å²) in [5.74, 6) is -0.947. The minimum absolute atomic E-state index is 0.0368. The minimum Gasteiger partial charge on any atom is -0.503 e. The maximum atomic E-state index is 13.4. The second-order valence-electron chi connectivity index (χ2n) is 7.39. The average molecular weight is 404 g/mol. The number of hydrogen-bond donors (Lipinski definition) is 1. The zero-order chi connectivity index (χ0) is 21.1. The van der Waals surface area contributed by atoms with E-state index in [9.17, 15) is 14.7 Å². The van der Waals surface area contributed by atoms with E-state index in [1.165, 1.54) is 6.07 Å². The molecule has 1 aromatic heterocycles. The third kappa shape index (κ3) is 3.62. The highest BCUT2D eigenvalue weighted by molar-refractivity contribution is 5.96. The first kappa shape index (κ1) is 19.9. The smallest absolute Gasteiger partial charge is 0.274 e. The van der Waals surface area contributed by atoms with Gasteiger partial charge < -0.3 is 19.3 Å². The van der Waals surface area contributed by atoms with Gasteiger partial charge in [0.1, 0.15) is 0 Å². The Balaban J connectivity index is 1.86. The van der Waals surface area contributed by atoms with E-state index in [0.29, 0.717) is 19.7 Å². The maximum Gasteiger partial charge on any atom is 0.274 e. The molecule has 0 bridgehead atoms. The average Bonchev–Trinajstić information content (AvgIpc) is 2.77. The molecular formula is C24H24N2O4. The number of methoxy groups -OCH3 is 1. The molecule has 1 aliphatic rings. The van der Waals surface area contributed by atoms with Gasteiger partial charge in [-0.3, -0.25) is 9.59 Å². The molecule has 0 aliphatic carbocycles. The lowest BCUT2D eigenvalue weighted by atomic mass is 9.83. The maximum absolute atomic E-state index is 13.4. The number of fused-ring (bicyclic) bond motifs is 1. The summed E-state index contributed by atoms with van der Waals surface area (Å²) in [4.78, 5) is 27.1. The van der Waals surface area contributed by atoms with Crippen LogP contribution < -0.4 is 5.43 Å². The summed E-state index contributed by atoms with van der Waals surface area (Å²) >= 11 is 0. The van der Waals surface area contributed by atoms with Gasteiger partial charge in [0.05, 0.1) is 12.6 Å². The van der Waals surface area contributed by atoms with Crippen molar-refractivity contribution in [2.24, 2.45) is 0 Å². The van der Waals surface area contributed by atoms with E-state index in [1.54, 1.807) is 22.8 Å². The van der Waals surface area contributed by atoms with Crippen molar-refractivity contribution in [1.29, 1.82) is 0 Å². The molecule has 0 radical (unpaired) electrons. The summed E-state index contributed by atoms with van der Waals surface area (Å²) < 4.78 is 6.94. The Morgan fingerprint density at radius 2 is 1.60 bits per heavy atom. The van der Waals surface area contributed by atoms with Crippen molar-refractivity contribution in [3.63, 3.8) is 0 Å². The number of aromatic hydroxyl groups is 1. The lowest BCUT2D eigenvalue weighted by molar-refractivity contribution is 0.0477. The number of ether oxygens (including phenoxy) is 1. The highest BCUT2D eigenvalue weighted by atomic mass is 16.5. The molecule has 0 spiro atoms. The number of carbonyl (C=O) groups is 1. The summed E-state index contributed by atoms with van der Waals surface area (Å²) in [6.07, 6.45) is 1.59. The van der Waals surface area contributed by atoms with E-state index >= 15 is 0 Å². The van der Waals surface area contributed by atoms with E-state index < -0.39 is 11.2 Å². The summed E-state index contributed by atoms with van der Waals surface area (Å²) in [6.45, 7) is 1.17. The number of aromatic nitrogens is 1. The minimum atomic E-state index is -0.553. The number of rotatable bonds is 6. The molecule has 3 aromatic rings. The van der Waals surface area contributed by atoms with Crippen molar-refractivity contribution in [2.75, 3.05) is 20.3 Å². The fourth-order valence-electron chi connectivity index (χ4n) is 4.23. The van der Waals surface area contributed by atoms with Crippen molar-refractivity contribution in [3.8, 4) is 5.75 Å². The summed E-state index contributed by atoms with van der Waals surface area (Å²) in [6, 6.07) is 21.3. The van der Waals surface area contributed by atoms with Crippen LogP contribution in [-0.2, 0) is 11.3 Å². The highest BCUT2D eigenvalue weighted by Gasteiger charge is 2.39. The van der Waals surface area contributed by atoms with Gasteiger partial charge in [0, 0.05) is 38.4 Å². The van der Waals surface area contributed by atoms with Gasteiger partial charge in [-0.05, 0) is 11.1 Å². The molecule has 6 nitrogen and oxygen atoms in total. The van der Waals surface area contributed by atoms with Gasteiger partial charge in [0.2, 0.25) is 5.43 Å². The predicted molar refractivity (Wildman–Crippen MR) is 114 cm³/mol. The lowest BCUT2D eigenvalue weighted by Gasteiger charge is -2.42. The Hall–Kier alpha value is -3.38. The van der Waals surface area contributed by atoms with Crippen LogP contribution in [0, 0.1) is 0 Å². The number of carbonyl (C=O) groups excluding carboxylic acids is 1. The van der Waals surface area contributed by atoms with Crippen LogP contribution >= 0.6 is 0 Å². The quantitative estimate of drug-likeness (QED) is 0.686. The van der Waals surface area contributed by atoms with Crippen LogP contribution in [0.15, 0.2) is 77.7 Å². The number of nitrogens with zero attached hydrogens (tertiary/aromatic N) is 2. The topological polar surface area (TPSA) is 71.8 Å². The fourth-order valence-corrected chi connectivity index (χ4v) is 4.23. The monoisotopic (exact) mass is 404 g/mol. The fraction of sp³-hybridized carbons (Fsp3) is 0.250. The molecule has 1 amide bonds. The second kappa shape index (κ2) is 8.55. The number of benzene rings is 2. The predicted octanol–water partition coefficient (Wildman–Crippen LogP) is 2.86. The molecule has 2 aromatic carbocycles. The van der Waals surface area contributed by atoms with Crippen LogP contribution in [0.3, 0.4) is 0 Å². The molecule has 1 N–H and O–H groups in total. The van der Waals surface area contributed by atoms with Gasteiger partial charge in [-0.25, -0.2) is 0 Å². The molecule has 1 aliphatic heterocycles. The van der Waals surface area contributed by atoms with E-state index in [4.69, 9.17) is 4.74 Å². The largest absolute Gasteiger partial charge is 0.503 e. The molecule has 0 unspecified atom stereocenters. The molecule has 2 heterocycles. The Morgan fingerprint density at radius 3 is 2.17 bits per heavy atom. The molecule has 4 rings (SSSR count). The molecule has 0 fully saturated rings. The number of amides is 1. The SMILES string of the molecule is COCCN1C(=O)c2c(O)c(=O)ccn2C[C@H]1C(c1ccccc1)c1ccccc1. The Bertz CT molecular complexity index is 1040. The summed E-state index contributed by atoms with van der Waals surface area (Å²) in [5, 5.41) is 10.3. The molecule has 6 heteroatoms. The van der Waals surface area contributed by atoms with Crippen molar-refractivity contribution >= 4 is 5.91 Å². The van der Waals surface area contributed by atoms with E-state index in [1.807, 2.05) is 36.4 Å². The van der Waals surface area contributed by atoms with Gasteiger partial charge in [-0.15, -0.1) is 0 Å². The molecule has 30 heavy (non-hydrogen) atoms. The van der Waals surface area contributed by atoms with Crippen LogP contribution in [-0.4, -0.2) is 46.8 Å². The standard InChI is InChI=1S/C24H24N2O4/c1-30-15-14-26-19(16-25-13-12-20(27)23(28)22(25)24(26)29)21(17-8-4-2-5-9-17)18-10-6-3-7-11-18/h2-13,19,21,28H,14-16H2,1H3/t19-/m0/s1. The summed E-state index contributed by atoms with van der Waals surface area (Å²) in [5.41, 5.74) is 1.67. The van der Waals surface area contributed by atoms with E-state index in [0.717, 1.165) is 11.1 Å². The van der Waals surface area contributed by atoms with Crippen molar-refractivity contribution in [1.82, 2.24) is 9.47 Å². The van der Waals surface area contributed by atoms with Crippen LogP contribution in [0.4, 0.5) is 0 Å². The number of pyridine rings is 1. The Kier molecular flexibility index (Phi) is 5.68. The second-order valence-corrected chi connectivity index (χ2v) is 7.39. The third-order valence-electron chi connectivity index (χ3n) is 5.64. The van der Waals surface area contributed by atoms with Gasteiger partial charge in [-0.2, -0.15) is 0 Å². The van der Waals surface area contributed by atoms with Gasteiger partial charge in [0.15, 0.2) is 11.4 Å². The zero-order valence-corrected chi connectivity index (χ0v) is 16.8. The van der Waals surface area contributed by atoms with E-state index in [-0.39, 0.29) is 23.6 Å². The zero-order valence-electron chi connectivity index (χ0n) is 16.8. The first-order chi connectivity index (χ1) is 14.6. The third-order valence-corrected chi connectivity index (χ3v) is 5.64. The van der Waals surface area contributed by atoms with Crippen LogP contribution in [0.1, 0.15) is 27.5 Å². The van der Waals surface area contributed by atoms with Crippen molar-refractivity contribution in [2.45, 2.75) is 18.5 Å².